The smallest absolute Gasteiger partial charge is 0.405 e. The molecule has 3 aromatic rings. The number of aromatic nitrogens is 2. The number of fused-ring (bicyclic) bond motifs is 1. The highest BCUT2D eigenvalue weighted by molar-refractivity contribution is 5.87. The molecule has 1 aliphatic heterocycles. The van der Waals surface area contributed by atoms with Crippen LogP contribution in [0.2, 0.25) is 0 Å². The maximum atomic E-state index is 12.7. The van der Waals surface area contributed by atoms with E-state index in [2.05, 4.69) is 21.9 Å². The lowest BCUT2D eigenvalue weighted by Crippen LogP contribution is -2.41. The number of nitrogens with one attached hydrogen (secondary N) is 1. The van der Waals surface area contributed by atoms with Crippen molar-refractivity contribution in [3.63, 3.8) is 0 Å². The standard InChI is InChI=1S/C24H21F3N4O2/c1-15-21(16-4-8-19(32-2)9-5-16)22-17(12-28-23(30-22)29-14-24(25,26)27)13-31(15)18-6-10-20(33-3)11-7-18/h4-13H,1,14H2,2-3H3,(H,29,30). The molecule has 0 amide bonds. The Balaban J connectivity index is 1.86. The number of hydrogen-bond acceptors (Lipinski definition) is 6. The van der Waals surface area contributed by atoms with Crippen LogP contribution in [0.4, 0.5) is 24.8 Å². The SMILES string of the molecule is C=C1C(c2ccc(OC)cc2)=c2nc(NCC(F)(F)F)ncc2=CN1c1ccc(OC)cc1. The fourth-order valence-corrected chi connectivity index (χ4v) is 3.46. The Bertz CT molecular complexity index is 1290. The van der Waals surface area contributed by atoms with Gasteiger partial charge in [0.05, 0.1) is 19.6 Å². The minimum absolute atomic E-state index is 0.115. The largest absolute Gasteiger partial charge is 0.497 e. The van der Waals surface area contributed by atoms with Crippen molar-refractivity contribution in [3.05, 3.63) is 83.1 Å². The number of rotatable bonds is 6. The molecule has 170 valence electrons. The van der Waals surface area contributed by atoms with Crippen molar-refractivity contribution in [1.82, 2.24) is 9.97 Å². The third kappa shape index (κ3) is 4.77. The van der Waals surface area contributed by atoms with Crippen LogP contribution in [0.1, 0.15) is 5.56 Å². The van der Waals surface area contributed by atoms with E-state index in [1.807, 2.05) is 41.3 Å². The van der Waals surface area contributed by atoms with Gasteiger partial charge in [0.25, 0.3) is 0 Å². The molecule has 2 heterocycles. The van der Waals surface area contributed by atoms with E-state index in [1.54, 1.807) is 32.6 Å². The second-order valence-corrected chi connectivity index (χ2v) is 7.21. The summed E-state index contributed by atoms with van der Waals surface area (Å²) >= 11 is 0. The van der Waals surface area contributed by atoms with E-state index in [0.29, 0.717) is 33.3 Å². The van der Waals surface area contributed by atoms with Crippen LogP contribution in [0.25, 0.3) is 11.8 Å². The van der Waals surface area contributed by atoms with Crippen LogP contribution in [-0.2, 0) is 0 Å². The zero-order valence-corrected chi connectivity index (χ0v) is 18.0. The summed E-state index contributed by atoms with van der Waals surface area (Å²) in [7, 11) is 3.16. The van der Waals surface area contributed by atoms with Crippen LogP contribution in [0.5, 0.6) is 11.5 Å². The van der Waals surface area contributed by atoms with Crippen LogP contribution in [0.15, 0.2) is 67.0 Å². The topological polar surface area (TPSA) is 59.5 Å². The lowest BCUT2D eigenvalue weighted by atomic mass is 9.99. The van der Waals surface area contributed by atoms with Crippen LogP contribution in [0, 0.1) is 0 Å². The Labute approximate surface area is 188 Å². The zero-order valence-electron chi connectivity index (χ0n) is 18.0. The summed E-state index contributed by atoms with van der Waals surface area (Å²) in [5.41, 5.74) is 2.90. The number of alkyl halides is 3. The quantitative estimate of drug-likeness (QED) is 0.616. The van der Waals surface area contributed by atoms with Crippen LogP contribution in [-0.4, -0.2) is 36.9 Å². The van der Waals surface area contributed by atoms with Crippen molar-refractivity contribution in [2.75, 3.05) is 31.0 Å². The lowest BCUT2D eigenvalue weighted by molar-refractivity contribution is -0.115. The van der Waals surface area contributed by atoms with Gasteiger partial charge in [-0.05, 0) is 42.0 Å². The van der Waals surface area contributed by atoms with E-state index in [4.69, 9.17) is 9.47 Å². The fourth-order valence-electron chi connectivity index (χ4n) is 3.46. The number of allylic oxidation sites excluding steroid dienone is 1. The molecule has 9 heteroatoms. The zero-order chi connectivity index (χ0) is 23.6. The van der Waals surface area contributed by atoms with Gasteiger partial charge in [-0.3, -0.25) is 0 Å². The highest BCUT2D eigenvalue weighted by atomic mass is 19.4. The predicted octanol–water partition coefficient (Wildman–Crippen LogP) is 3.44. The molecule has 1 aliphatic rings. The van der Waals surface area contributed by atoms with E-state index in [1.165, 1.54) is 6.20 Å². The average molecular weight is 454 g/mol. The molecule has 0 fully saturated rings. The van der Waals surface area contributed by atoms with E-state index in [9.17, 15) is 13.2 Å². The van der Waals surface area contributed by atoms with Crippen LogP contribution in [0.3, 0.4) is 0 Å². The van der Waals surface area contributed by atoms with Gasteiger partial charge in [0, 0.05) is 34.6 Å². The summed E-state index contributed by atoms with van der Waals surface area (Å²) in [6.07, 6.45) is -1.09. The number of halogens is 3. The first kappa shape index (κ1) is 22.2. The molecule has 0 aliphatic carbocycles. The average Bonchev–Trinajstić information content (AvgIpc) is 2.82. The fraction of sp³-hybridized carbons (Fsp3) is 0.167. The number of methoxy groups -OCH3 is 2. The van der Waals surface area contributed by atoms with Gasteiger partial charge in [-0.15, -0.1) is 0 Å². The number of hydrogen-bond donors (Lipinski definition) is 1. The van der Waals surface area contributed by atoms with Gasteiger partial charge in [-0.1, -0.05) is 18.7 Å². The Morgan fingerprint density at radius 3 is 2.15 bits per heavy atom. The molecular formula is C24H21F3N4O2. The lowest BCUT2D eigenvalue weighted by Gasteiger charge is -2.28. The normalized spacial score (nSPS) is 13.3. The summed E-state index contributed by atoms with van der Waals surface area (Å²) in [5.74, 6) is 1.27. The highest BCUT2D eigenvalue weighted by Crippen LogP contribution is 2.30. The molecule has 4 rings (SSSR count). The first-order valence-corrected chi connectivity index (χ1v) is 9.96. The number of ether oxygens (including phenoxy) is 2. The first-order valence-electron chi connectivity index (χ1n) is 9.96. The van der Waals surface area contributed by atoms with Crippen molar-refractivity contribution in [2.24, 2.45) is 0 Å². The monoisotopic (exact) mass is 454 g/mol. The Hall–Kier alpha value is -4.01. The predicted molar refractivity (Wildman–Crippen MR) is 120 cm³/mol. The van der Waals surface area contributed by atoms with Crippen molar-refractivity contribution >= 4 is 23.4 Å². The molecule has 0 bridgehead atoms. The molecule has 0 radical (unpaired) electrons. The maximum absolute atomic E-state index is 12.7. The summed E-state index contributed by atoms with van der Waals surface area (Å²) in [6, 6.07) is 14.7. The van der Waals surface area contributed by atoms with Gasteiger partial charge in [0.15, 0.2) is 0 Å². The van der Waals surface area contributed by atoms with Gasteiger partial charge in [0.2, 0.25) is 5.95 Å². The number of benzene rings is 2. The summed E-state index contributed by atoms with van der Waals surface area (Å²) in [5, 5.41) is 3.37. The van der Waals surface area contributed by atoms with Gasteiger partial charge < -0.3 is 19.7 Å². The highest BCUT2D eigenvalue weighted by Gasteiger charge is 2.27. The van der Waals surface area contributed by atoms with Crippen molar-refractivity contribution in [2.45, 2.75) is 6.18 Å². The van der Waals surface area contributed by atoms with E-state index in [0.717, 1.165) is 11.3 Å². The minimum atomic E-state index is -4.39. The molecule has 1 N–H and O–H groups in total. The molecule has 2 aromatic carbocycles. The molecule has 0 saturated heterocycles. The summed E-state index contributed by atoms with van der Waals surface area (Å²) in [4.78, 5) is 10.3. The number of nitrogens with zero attached hydrogens (tertiary/aromatic N) is 3. The second-order valence-electron chi connectivity index (χ2n) is 7.21. The summed E-state index contributed by atoms with van der Waals surface area (Å²) < 4.78 is 48.5. The van der Waals surface area contributed by atoms with Gasteiger partial charge >= 0.3 is 6.18 Å². The Kier molecular flexibility index (Phi) is 5.95. The van der Waals surface area contributed by atoms with Gasteiger partial charge in [0.1, 0.15) is 18.0 Å². The van der Waals surface area contributed by atoms with Crippen molar-refractivity contribution in [1.29, 1.82) is 0 Å². The Morgan fingerprint density at radius 1 is 0.970 bits per heavy atom. The van der Waals surface area contributed by atoms with Crippen molar-refractivity contribution < 1.29 is 22.6 Å². The van der Waals surface area contributed by atoms with Gasteiger partial charge in [-0.25, -0.2) is 9.97 Å². The third-order valence-electron chi connectivity index (χ3n) is 5.08. The molecule has 0 spiro atoms. The minimum Gasteiger partial charge on any atom is -0.497 e. The van der Waals surface area contributed by atoms with Crippen molar-refractivity contribution in [3.8, 4) is 11.5 Å². The second kappa shape index (κ2) is 8.85. The molecule has 33 heavy (non-hydrogen) atoms. The molecule has 0 atom stereocenters. The molecule has 6 nitrogen and oxygen atoms in total. The van der Waals surface area contributed by atoms with Gasteiger partial charge in [-0.2, -0.15) is 13.2 Å². The van der Waals surface area contributed by atoms with Crippen LogP contribution >= 0.6 is 0 Å². The molecular weight excluding hydrogens is 433 g/mol. The molecule has 0 saturated carbocycles. The van der Waals surface area contributed by atoms with E-state index < -0.39 is 12.7 Å². The first-order chi connectivity index (χ1) is 15.8. The maximum Gasteiger partial charge on any atom is 0.405 e. The number of anilines is 2. The Morgan fingerprint density at radius 2 is 1.58 bits per heavy atom. The summed E-state index contributed by atoms with van der Waals surface area (Å²) in [6.45, 7) is 3.03. The third-order valence-corrected chi connectivity index (χ3v) is 5.08. The molecule has 1 aromatic heterocycles. The van der Waals surface area contributed by atoms with E-state index in [-0.39, 0.29) is 5.95 Å². The van der Waals surface area contributed by atoms with Crippen LogP contribution < -0.4 is 30.3 Å². The molecule has 0 unspecified atom stereocenters. The van der Waals surface area contributed by atoms with E-state index >= 15 is 0 Å².